The fraction of sp³-hybridized carbons (Fsp3) is 0.0909. The van der Waals surface area contributed by atoms with E-state index in [0.717, 1.165) is 16.8 Å². The predicted molar refractivity (Wildman–Crippen MR) is 52.2 cm³/mol. The molecule has 0 bridgehead atoms. The second kappa shape index (κ2) is 3.54. The topological polar surface area (TPSA) is 25.8 Å². The molecule has 0 saturated carbocycles. The third-order valence-electron chi connectivity index (χ3n) is 1.93. The molecule has 2 rings (SSSR count). The van der Waals surface area contributed by atoms with E-state index in [4.69, 9.17) is 0 Å². The van der Waals surface area contributed by atoms with Gasteiger partial charge >= 0.3 is 0 Å². The Hall–Kier alpha value is -1.77. The van der Waals surface area contributed by atoms with E-state index in [2.05, 4.69) is 9.97 Å². The van der Waals surface area contributed by atoms with Crippen LogP contribution >= 0.6 is 0 Å². The van der Waals surface area contributed by atoms with Crippen LogP contribution in [-0.2, 0) is 0 Å². The number of hydrogen-bond donors (Lipinski definition) is 0. The van der Waals surface area contributed by atoms with Crippen molar-refractivity contribution in [3.05, 3.63) is 48.3 Å². The molecular formula is C11H9FN2. The summed E-state index contributed by atoms with van der Waals surface area (Å²) in [4.78, 5) is 7.87. The number of pyridine rings is 2. The first kappa shape index (κ1) is 8.81. The molecule has 0 aromatic carbocycles. The van der Waals surface area contributed by atoms with Crippen LogP contribution in [0.25, 0.3) is 11.1 Å². The summed E-state index contributed by atoms with van der Waals surface area (Å²) in [6.45, 7) is 1.90. The molecule has 2 aromatic heterocycles. The summed E-state index contributed by atoms with van der Waals surface area (Å²) in [5.74, 6) is -0.322. The molecule has 2 heterocycles. The summed E-state index contributed by atoms with van der Waals surface area (Å²) in [5.41, 5.74) is 2.62. The lowest BCUT2D eigenvalue weighted by Crippen LogP contribution is -1.85. The minimum Gasteiger partial charge on any atom is -0.262 e. The third-order valence-corrected chi connectivity index (χ3v) is 1.93. The molecule has 0 N–H and O–H groups in total. The van der Waals surface area contributed by atoms with E-state index in [-0.39, 0.29) is 5.82 Å². The molecule has 70 valence electrons. The van der Waals surface area contributed by atoms with Crippen LogP contribution in [0.5, 0.6) is 0 Å². The molecule has 0 aliphatic heterocycles. The smallest absolute Gasteiger partial charge is 0.142 e. The maximum atomic E-state index is 12.9. The summed E-state index contributed by atoms with van der Waals surface area (Å²) >= 11 is 0. The first-order valence-corrected chi connectivity index (χ1v) is 4.29. The summed E-state index contributed by atoms with van der Waals surface area (Å²) in [6.07, 6.45) is 4.53. The highest BCUT2D eigenvalue weighted by Gasteiger charge is 1.99. The lowest BCUT2D eigenvalue weighted by atomic mass is 10.1. The van der Waals surface area contributed by atoms with Gasteiger partial charge in [0.05, 0.1) is 6.20 Å². The highest BCUT2D eigenvalue weighted by atomic mass is 19.1. The summed E-state index contributed by atoms with van der Waals surface area (Å²) in [6, 6.07) is 5.20. The van der Waals surface area contributed by atoms with E-state index >= 15 is 0 Å². The number of nitrogens with zero attached hydrogens (tertiary/aromatic N) is 2. The molecule has 0 radical (unpaired) electrons. The monoisotopic (exact) mass is 188 g/mol. The van der Waals surface area contributed by atoms with Crippen LogP contribution in [0.1, 0.15) is 5.69 Å². The largest absolute Gasteiger partial charge is 0.262 e. The van der Waals surface area contributed by atoms with Crippen molar-refractivity contribution in [1.29, 1.82) is 0 Å². The van der Waals surface area contributed by atoms with Gasteiger partial charge in [0.25, 0.3) is 0 Å². The molecular weight excluding hydrogens is 179 g/mol. The molecule has 0 amide bonds. The quantitative estimate of drug-likeness (QED) is 0.687. The number of aryl methyl sites for hydroxylation is 1. The summed E-state index contributed by atoms with van der Waals surface area (Å²) < 4.78 is 12.9. The Balaban J connectivity index is 2.49. The zero-order chi connectivity index (χ0) is 9.97. The van der Waals surface area contributed by atoms with Crippen molar-refractivity contribution in [2.24, 2.45) is 0 Å². The van der Waals surface area contributed by atoms with E-state index in [1.807, 2.05) is 19.1 Å². The van der Waals surface area contributed by atoms with Crippen LogP contribution in [0.2, 0.25) is 0 Å². The second-order valence-electron chi connectivity index (χ2n) is 3.08. The van der Waals surface area contributed by atoms with E-state index in [1.54, 1.807) is 12.4 Å². The Labute approximate surface area is 81.5 Å². The van der Waals surface area contributed by atoms with Gasteiger partial charge in [0.15, 0.2) is 0 Å². The lowest BCUT2D eigenvalue weighted by Gasteiger charge is -2.01. The molecule has 0 atom stereocenters. The number of aromatic nitrogens is 2. The number of rotatable bonds is 1. The van der Waals surface area contributed by atoms with Crippen molar-refractivity contribution in [3.63, 3.8) is 0 Å². The van der Waals surface area contributed by atoms with Crippen LogP contribution in [0, 0.1) is 12.7 Å². The minimum atomic E-state index is -0.322. The van der Waals surface area contributed by atoms with Crippen molar-refractivity contribution < 1.29 is 4.39 Å². The standard InChI is InChI=1S/C11H9FN2/c1-8-4-9(2-3-14-8)10-5-11(12)7-13-6-10/h2-7H,1H3. The predicted octanol–water partition coefficient (Wildman–Crippen LogP) is 2.59. The van der Waals surface area contributed by atoms with E-state index < -0.39 is 0 Å². The zero-order valence-corrected chi connectivity index (χ0v) is 7.74. The molecule has 2 aromatic rings. The van der Waals surface area contributed by atoms with Gasteiger partial charge in [0.2, 0.25) is 0 Å². The van der Waals surface area contributed by atoms with E-state index in [1.165, 1.54) is 12.3 Å². The van der Waals surface area contributed by atoms with Crippen LogP contribution in [0.3, 0.4) is 0 Å². The van der Waals surface area contributed by atoms with Gasteiger partial charge in [-0.1, -0.05) is 0 Å². The molecule has 0 spiro atoms. The first-order valence-electron chi connectivity index (χ1n) is 4.29. The second-order valence-corrected chi connectivity index (χ2v) is 3.08. The summed E-state index contributed by atoms with van der Waals surface area (Å²) in [7, 11) is 0. The molecule has 0 saturated heterocycles. The van der Waals surface area contributed by atoms with E-state index in [9.17, 15) is 4.39 Å². The molecule has 14 heavy (non-hydrogen) atoms. The van der Waals surface area contributed by atoms with Gasteiger partial charge < -0.3 is 0 Å². The Morgan fingerprint density at radius 2 is 2.00 bits per heavy atom. The highest BCUT2D eigenvalue weighted by molar-refractivity contribution is 5.62. The minimum absolute atomic E-state index is 0.322. The van der Waals surface area contributed by atoms with Gasteiger partial charge in [-0.15, -0.1) is 0 Å². The first-order chi connectivity index (χ1) is 6.75. The van der Waals surface area contributed by atoms with Gasteiger partial charge in [-0.05, 0) is 30.7 Å². The van der Waals surface area contributed by atoms with Crippen LogP contribution in [0.4, 0.5) is 4.39 Å². The lowest BCUT2D eigenvalue weighted by molar-refractivity contribution is 0.622. The van der Waals surface area contributed by atoms with Gasteiger partial charge in [-0.25, -0.2) is 4.39 Å². The average Bonchev–Trinajstić information content (AvgIpc) is 2.18. The Bertz CT molecular complexity index is 411. The van der Waals surface area contributed by atoms with Gasteiger partial charge in [-0.2, -0.15) is 0 Å². The van der Waals surface area contributed by atoms with E-state index in [0.29, 0.717) is 0 Å². The number of halogens is 1. The third kappa shape index (κ3) is 1.76. The maximum Gasteiger partial charge on any atom is 0.142 e. The fourth-order valence-corrected chi connectivity index (χ4v) is 1.29. The molecule has 0 aliphatic rings. The SMILES string of the molecule is Cc1cc(-c2cncc(F)c2)ccn1. The van der Waals surface area contributed by atoms with Crippen LogP contribution < -0.4 is 0 Å². The average molecular weight is 188 g/mol. The summed E-state index contributed by atoms with van der Waals surface area (Å²) in [5, 5.41) is 0. The van der Waals surface area contributed by atoms with Crippen LogP contribution in [-0.4, -0.2) is 9.97 Å². The van der Waals surface area contributed by atoms with Gasteiger partial charge in [-0.3, -0.25) is 9.97 Å². The molecule has 3 heteroatoms. The van der Waals surface area contributed by atoms with Gasteiger partial charge in [0.1, 0.15) is 5.82 Å². The molecule has 2 nitrogen and oxygen atoms in total. The fourth-order valence-electron chi connectivity index (χ4n) is 1.29. The molecule has 0 unspecified atom stereocenters. The Kier molecular flexibility index (Phi) is 2.23. The zero-order valence-electron chi connectivity index (χ0n) is 7.74. The molecule has 0 aliphatic carbocycles. The van der Waals surface area contributed by atoms with Crippen molar-refractivity contribution in [2.75, 3.05) is 0 Å². The normalized spacial score (nSPS) is 10.1. The van der Waals surface area contributed by atoms with Crippen molar-refractivity contribution in [1.82, 2.24) is 9.97 Å². The van der Waals surface area contributed by atoms with Gasteiger partial charge in [0, 0.05) is 23.7 Å². The molecule has 0 fully saturated rings. The number of hydrogen-bond acceptors (Lipinski definition) is 2. The van der Waals surface area contributed by atoms with Crippen molar-refractivity contribution >= 4 is 0 Å². The van der Waals surface area contributed by atoms with Crippen molar-refractivity contribution in [3.8, 4) is 11.1 Å². The highest BCUT2D eigenvalue weighted by Crippen LogP contribution is 2.18. The maximum absolute atomic E-state index is 12.9. The Morgan fingerprint density at radius 1 is 1.14 bits per heavy atom. The van der Waals surface area contributed by atoms with Crippen LogP contribution in [0.15, 0.2) is 36.8 Å². The Morgan fingerprint density at radius 3 is 2.71 bits per heavy atom. The van der Waals surface area contributed by atoms with Crippen molar-refractivity contribution in [2.45, 2.75) is 6.92 Å².